The summed E-state index contributed by atoms with van der Waals surface area (Å²) in [6.45, 7) is 8.79. The summed E-state index contributed by atoms with van der Waals surface area (Å²) in [5, 5.41) is 6.29. The van der Waals surface area contributed by atoms with Gasteiger partial charge < -0.3 is 10.6 Å². The Morgan fingerprint density at radius 2 is 1.61 bits per heavy atom. The van der Waals surface area contributed by atoms with Crippen molar-refractivity contribution in [1.82, 2.24) is 5.32 Å². The summed E-state index contributed by atoms with van der Waals surface area (Å²) in [4.78, 5) is 12.3. The molecule has 3 heteroatoms. The van der Waals surface area contributed by atoms with Gasteiger partial charge in [0.05, 0.1) is 6.54 Å². The second-order valence-corrected chi connectivity index (χ2v) is 6.86. The van der Waals surface area contributed by atoms with E-state index in [-0.39, 0.29) is 23.9 Å². The van der Waals surface area contributed by atoms with Crippen LogP contribution < -0.4 is 10.6 Å². The molecule has 2 aromatic rings. The zero-order valence-electron chi connectivity index (χ0n) is 14.4. The molecule has 0 saturated heterocycles. The second kappa shape index (κ2) is 7.42. The van der Waals surface area contributed by atoms with Crippen molar-refractivity contribution in [2.24, 2.45) is 0 Å². The smallest absolute Gasteiger partial charge is 0.238 e. The van der Waals surface area contributed by atoms with Crippen molar-refractivity contribution in [3.63, 3.8) is 0 Å². The fourth-order valence-corrected chi connectivity index (χ4v) is 2.55. The van der Waals surface area contributed by atoms with E-state index in [1.54, 1.807) is 0 Å². The molecule has 0 bridgehead atoms. The summed E-state index contributed by atoms with van der Waals surface area (Å²) in [7, 11) is 0. The Morgan fingerprint density at radius 3 is 2.26 bits per heavy atom. The zero-order chi connectivity index (χ0) is 16.9. The van der Waals surface area contributed by atoms with Crippen LogP contribution in [0, 0.1) is 0 Å². The molecule has 0 heterocycles. The van der Waals surface area contributed by atoms with Gasteiger partial charge in [-0.2, -0.15) is 0 Å². The minimum absolute atomic E-state index is 0.00533. The highest BCUT2D eigenvalue weighted by Gasteiger charge is 2.18. The average molecular weight is 310 g/mol. The standard InChI is InChI=1S/C20H26N2O/c1-15(16-10-6-5-7-11-16)21-14-19(23)22-18-13-9-8-12-17(18)20(2,3)4/h5-13,15,21H,14H2,1-4H3,(H,22,23). The fraction of sp³-hybridized carbons (Fsp3) is 0.350. The molecule has 23 heavy (non-hydrogen) atoms. The first-order chi connectivity index (χ1) is 10.9. The third-order valence-electron chi connectivity index (χ3n) is 3.88. The number of hydrogen-bond donors (Lipinski definition) is 2. The monoisotopic (exact) mass is 310 g/mol. The van der Waals surface area contributed by atoms with Crippen molar-refractivity contribution in [1.29, 1.82) is 0 Å². The molecular weight excluding hydrogens is 284 g/mol. The lowest BCUT2D eigenvalue weighted by Gasteiger charge is -2.23. The summed E-state index contributed by atoms with van der Waals surface area (Å²) in [6.07, 6.45) is 0. The molecule has 0 saturated carbocycles. The summed E-state index contributed by atoms with van der Waals surface area (Å²) in [6, 6.07) is 18.2. The second-order valence-electron chi connectivity index (χ2n) is 6.86. The predicted molar refractivity (Wildman–Crippen MR) is 96.6 cm³/mol. The number of carbonyl (C=O) groups is 1. The number of rotatable bonds is 5. The number of hydrogen-bond acceptors (Lipinski definition) is 2. The van der Waals surface area contributed by atoms with Crippen LogP contribution >= 0.6 is 0 Å². The Kier molecular flexibility index (Phi) is 5.56. The van der Waals surface area contributed by atoms with E-state index in [1.807, 2.05) is 36.4 Å². The van der Waals surface area contributed by atoms with Crippen LogP contribution in [0.5, 0.6) is 0 Å². The van der Waals surface area contributed by atoms with Crippen LogP contribution in [0.1, 0.15) is 44.9 Å². The molecule has 1 unspecified atom stereocenters. The van der Waals surface area contributed by atoms with Crippen LogP contribution in [-0.2, 0) is 10.2 Å². The van der Waals surface area contributed by atoms with Gasteiger partial charge in [-0.05, 0) is 29.5 Å². The molecule has 0 aliphatic carbocycles. The van der Waals surface area contributed by atoms with Crippen LogP contribution in [-0.4, -0.2) is 12.5 Å². The lowest BCUT2D eigenvalue weighted by molar-refractivity contribution is -0.115. The molecule has 3 nitrogen and oxygen atoms in total. The number of amides is 1. The van der Waals surface area contributed by atoms with E-state index in [1.165, 1.54) is 5.56 Å². The van der Waals surface area contributed by atoms with Crippen molar-refractivity contribution in [2.75, 3.05) is 11.9 Å². The Labute approximate surface area is 139 Å². The van der Waals surface area contributed by atoms with Crippen molar-refractivity contribution in [3.05, 3.63) is 65.7 Å². The van der Waals surface area contributed by atoms with Gasteiger partial charge in [0.2, 0.25) is 5.91 Å². The number of carbonyl (C=O) groups excluding carboxylic acids is 1. The minimum Gasteiger partial charge on any atom is -0.325 e. The molecule has 0 spiro atoms. The van der Waals surface area contributed by atoms with Gasteiger partial charge in [0.15, 0.2) is 0 Å². The SMILES string of the molecule is CC(NCC(=O)Nc1ccccc1C(C)(C)C)c1ccccc1. The molecule has 1 amide bonds. The van der Waals surface area contributed by atoms with Crippen LogP contribution in [0.15, 0.2) is 54.6 Å². The van der Waals surface area contributed by atoms with Gasteiger partial charge in [-0.3, -0.25) is 4.79 Å². The number of nitrogens with one attached hydrogen (secondary N) is 2. The maximum absolute atomic E-state index is 12.3. The molecule has 1 atom stereocenters. The fourth-order valence-electron chi connectivity index (χ4n) is 2.55. The summed E-state index contributed by atoms with van der Waals surface area (Å²) in [5.41, 5.74) is 3.20. The van der Waals surface area contributed by atoms with E-state index >= 15 is 0 Å². The maximum atomic E-state index is 12.3. The van der Waals surface area contributed by atoms with Crippen LogP contribution in [0.25, 0.3) is 0 Å². The Hall–Kier alpha value is -2.13. The summed E-state index contributed by atoms with van der Waals surface area (Å²) < 4.78 is 0. The maximum Gasteiger partial charge on any atom is 0.238 e. The van der Waals surface area contributed by atoms with E-state index in [0.717, 1.165) is 11.3 Å². The lowest BCUT2D eigenvalue weighted by Crippen LogP contribution is -2.30. The first-order valence-electron chi connectivity index (χ1n) is 8.05. The molecule has 0 radical (unpaired) electrons. The van der Waals surface area contributed by atoms with Gasteiger partial charge in [0, 0.05) is 11.7 Å². The molecule has 0 aliphatic heterocycles. The third-order valence-corrected chi connectivity index (χ3v) is 3.88. The number of benzene rings is 2. The van der Waals surface area contributed by atoms with Crippen LogP contribution in [0.3, 0.4) is 0 Å². The van der Waals surface area contributed by atoms with E-state index in [9.17, 15) is 4.79 Å². The van der Waals surface area contributed by atoms with E-state index in [2.05, 4.69) is 56.5 Å². The van der Waals surface area contributed by atoms with E-state index in [0.29, 0.717) is 0 Å². The van der Waals surface area contributed by atoms with E-state index < -0.39 is 0 Å². The Balaban J connectivity index is 1.96. The molecule has 2 N–H and O–H groups in total. The quantitative estimate of drug-likeness (QED) is 0.865. The van der Waals surface area contributed by atoms with Gasteiger partial charge in [-0.25, -0.2) is 0 Å². The average Bonchev–Trinajstić information content (AvgIpc) is 2.53. The highest BCUT2D eigenvalue weighted by atomic mass is 16.1. The molecule has 2 aromatic carbocycles. The first-order valence-corrected chi connectivity index (χ1v) is 8.05. The normalized spacial score (nSPS) is 12.7. The van der Waals surface area contributed by atoms with Gasteiger partial charge in [-0.15, -0.1) is 0 Å². The molecule has 2 rings (SSSR count). The molecular formula is C20H26N2O. The highest BCUT2D eigenvalue weighted by molar-refractivity contribution is 5.93. The lowest BCUT2D eigenvalue weighted by atomic mass is 9.86. The zero-order valence-corrected chi connectivity index (χ0v) is 14.4. The predicted octanol–water partition coefficient (Wildman–Crippen LogP) is 4.27. The largest absolute Gasteiger partial charge is 0.325 e. The molecule has 0 aromatic heterocycles. The van der Waals surface area contributed by atoms with E-state index in [4.69, 9.17) is 0 Å². The third kappa shape index (κ3) is 4.93. The summed E-state index contributed by atoms with van der Waals surface area (Å²) >= 11 is 0. The van der Waals surface area contributed by atoms with Crippen molar-refractivity contribution in [3.8, 4) is 0 Å². The summed E-state index contributed by atoms with van der Waals surface area (Å²) in [5.74, 6) is -0.0236. The highest BCUT2D eigenvalue weighted by Crippen LogP contribution is 2.29. The molecule has 0 fully saturated rings. The van der Waals surface area contributed by atoms with Crippen molar-refractivity contribution in [2.45, 2.75) is 39.2 Å². The van der Waals surface area contributed by atoms with Crippen molar-refractivity contribution < 1.29 is 4.79 Å². The number of para-hydroxylation sites is 1. The van der Waals surface area contributed by atoms with Gasteiger partial charge in [-0.1, -0.05) is 69.3 Å². The Morgan fingerprint density at radius 1 is 1.00 bits per heavy atom. The topological polar surface area (TPSA) is 41.1 Å². The van der Waals surface area contributed by atoms with Crippen LogP contribution in [0.4, 0.5) is 5.69 Å². The first kappa shape index (κ1) is 17.2. The van der Waals surface area contributed by atoms with Crippen LogP contribution in [0.2, 0.25) is 0 Å². The molecule has 122 valence electrons. The van der Waals surface area contributed by atoms with Crippen molar-refractivity contribution >= 4 is 11.6 Å². The number of anilines is 1. The van der Waals surface area contributed by atoms with Gasteiger partial charge in [0.1, 0.15) is 0 Å². The van der Waals surface area contributed by atoms with Gasteiger partial charge >= 0.3 is 0 Å². The van der Waals surface area contributed by atoms with Gasteiger partial charge in [0.25, 0.3) is 0 Å². The minimum atomic E-state index is -0.0236. The molecule has 0 aliphatic rings. The Bertz CT molecular complexity index is 644.